The Kier molecular flexibility index (Phi) is 13.4. The summed E-state index contributed by atoms with van der Waals surface area (Å²) in [5, 5.41) is 7.25. The third-order valence-electron chi connectivity index (χ3n) is 3.92. The molecule has 0 saturated carbocycles. The minimum absolute atomic E-state index is 0.134. The van der Waals surface area contributed by atoms with E-state index in [9.17, 15) is 4.79 Å². The second-order valence-corrected chi connectivity index (χ2v) is 8.92. The first-order chi connectivity index (χ1) is 13.8. The number of hydrogen-bond acceptors (Lipinski definition) is 2. The zero-order chi connectivity index (χ0) is 21.6. The molecule has 2 N–H and O–H groups in total. The number of amides is 1. The predicted octanol–water partition coefficient (Wildman–Crippen LogP) is 5.73. The maximum Gasteiger partial charge on any atom is 0.237 e. The summed E-state index contributed by atoms with van der Waals surface area (Å²) in [6.45, 7) is 6.04. The van der Waals surface area contributed by atoms with E-state index in [0.717, 1.165) is 41.5 Å². The number of carbonyl (C=O) groups excluding carboxylic acids is 1. The summed E-state index contributed by atoms with van der Waals surface area (Å²) in [5.74, 6) is -0.134. The van der Waals surface area contributed by atoms with Crippen molar-refractivity contribution in [3.63, 3.8) is 0 Å². The van der Waals surface area contributed by atoms with Crippen LogP contribution in [0.1, 0.15) is 25.0 Å². The van der Waals surface area contributed by atoms with E-state index < -0.39 is 5.38 Å². The summed E-state index contributed by atoms with van der Waals surface area (Å²) in [6.07, 6.45) is 1.80. The molecule has 2 atom stereocenters. The van der Waals surface area contributed by atoms with E-state index >= 15 is 0 Å². The summed E-state index contributed by atoms with van der Waals surface area (Å²) in [7, 11) is 0. The highest BCUT2D eigenvalue weighted by molar-refractivity contribution is 6.31. The predicted molar refractivity (Wildman–Crippen MR) is 127 cm³/mol. The summed E-state index contributed by atoms with van der Waals surface area (Å²) >= 11 is 22.9. The standard InChI is InChI=1S/C11H13Cl2NO.C11H15Cl2N/c1-8(12)11(15)14-7-6-9-2-4-10(13)5-3-9;1-9(12)8-14-7-6-10-2-4-11(13)5-3-10/h2-5,8H,6-7H2,1H3,(H,14,15);2-5,9,14H,6-8H2,1H3. The molecule has 2 aromatic rings. The minimum Gasteiger partial charge on any atom is -0.354 e. The lowest BCUT2D eigenvalue weighted by molar-refractivity contribution is -0.120. The van der Waals surface area contributed by atoms with Crippen molar-refractivity contribution in [1.29, 1.82) is 0 Å². The summed E-state index contributed by atoms with van der Waals surface area (Å²) < 4.78 is 0. The molecule has 160 valence electrons. The van der Waals surface area contributed by atoms with Crippen LogP contribution in [0.2, 0.25) is 10.0 Å². The van der Waals surface area contributed by atoms with Crippen LogP contribution < -0.4 is 10.6 Å². The van der Waals surface area contributed by atoms with Crippen molar-refractivity contribution in [3.05, 3.63) is 69.7 Å². The van der Waals surface area contributed by atoms with Gasteiger partial charge in [0.2, 0.25) is 5.91 Å². The molecule has 2 rings (SSSR count). The highest BCUT2D eigenvalue weighted by atomic mass is 35.5. The summed E-state index contributed by atoms with van der Waals surface area (Å²) in [5.41, 5.74) is 2.44. The lowest BCUT2D eigenvalue weighted by Crippen LogP contribution is -2.31. The minimum atomic E-state index is -0.477. The molecule has 2 unspecified atom stereocenters. The molecule has 3 nitrogen and oxygen atoms in total. The van der Waals surface area contributed by atoms with Gasteiger partial charge in [-0.3, -0.25) is 4.79 Å². The molecular weight excluding hydrogens is 450 g/mol. The van der Waals surface area contributed by atoms with Gasteiger partial charge >= 0.3 is 0 Å². The molecule has 0 aliphatic carbocycles. The smallest absolute Gasteiger partial charge is 0.237 e. The van der Waals surface area contributed by atoms with Gasteiger partial charge in [0.25, 0.3) is 0 Å². The Morgan fingerprint density at radius 3 is 1.69 bits per heavy atom. The van der Waals surface area contributed by atoms with Crippen LogP contribution in [0.5, 0.6) is 0 Å². The molecular formula is C22H28Cl4N2O. The van der Waals surface area contributed by atoms with Gasteiger partial charge in [-0.25, -0.2) is 0 Å². The van der Waals surface area contributed by atoms with Crippen molar-refractivity contribution in [1.82, 2.24) is 10.6 Å². The molecule has 0 radical (unpaired) electrons. The fraction of sp³-hybridized carbons (Fsp3) is 0.409. The molecule has 0 spiro atoms. The average molecular weight is 478 g/mol. The first-order valence-electron chi connectivity index (χ1n) is 9.53. The van der Waals surface area contributed by atoms with Gasteiger partial charge < -0.3 is 10.6 Å². The van der Waals surface area contributed by atoms with E-state index in [1.165, 1.54) is 5.56 Å². The summed E-state index contributed by atoms with van der Waals surface area (Å²) in [6, 6.07) is 15.5. The Morgan fingerprint density at radius 2 is 1.28 bits per heavy atom. The normalized spacial score (nSPS) is 12.5. The van der Waals surface area contributed by atoms with E-state index in [0.29, 0.717) is 6.54 Å². The monoisotopic (exact) mass is 476 g/mol. The van der Waals surface area contributed by atoms with Crippen molar-refractivity contribution in [3.8, 4) is 0 Å². The number of alkyl halides is 2. The molecule has 29 heavy (non-hydrogen) atoms. The number of halogens is 4. The van der Waals surface area contributed by atoms with Gasteiger partial charge in [0.15, 0.2) is 0 Å². The van der Waals surface area contributed by atoms with Crippen LogP contribution in [0.3, 0.4) is 0 Å². The molecule has 0 aromatic heterocycles. The van der Waals surface area contributed by atoms with E-state index in [1.807, 2.05) is 55.5 Å². The molecule has 0 aliphatic heterocycles. The van der Waals surface area contributed by atoms with Crippen LogP contribution >= 0.6 is 46.4 Å². The Labute approximate surface area is 194 Å². The maximum absolute atomic E-state index is 11.1. The first kappa shape index (κ1) is 26.1. The molecule has 0 saturated heterocycles. The van der Waals surface area contributed by atoms with Crippen LogP contribution in [-0.2, 0) is 17.6 Å². The molecule has 0 bridgehead atoms. The van der Waals surface area contributed by atoms with Gasteiger partial charge in [-0.05, 0) is 68.6 Å². The second kappa shape index (κ2) is 14.9. The second-order valence-electron chi connectivity index (χ2n) is 6.64. The largest absolute Gasteiger partial charge is 0.354 e. The molecule has 0 fully saturated rings. The number of hydrogen-bond donors (Lipinski definition) is 2. The number of nitrogens with one attached hydrogen (secondary N) is 2. The molecule has 0 aliphatic rings. The van der Waals surface area contributed by atoms with E-state index in [1.54, 1.807) is 6.92 Å². The first-order valence-corrected chi connectivity index (χ1v) is 11.2. The van der Waals surface area contributed by atoms with Gasteiger partial charge in [-0.1, -0.05) is 47.5 Å². The molecule has 2 aromatic carbocycles. The number of carbonyl (C=O) groups is 1. The van der Waals surface area contributed by atoms with Crippen LogP contribution in [0.4, 0.5) is 0 Å². The van der Waals surface area contributed by atoms with Crippen molar-refractivity contribution in [2.75, 3.05) is 19.6 Å². The third kappa shape index (κ3) is 13.0. The van der Waals surface area contributed by atoms with E-state index in [4.69, 9.17) is 46.4 Å². The summed E-state index contributed by atoms with van der Waals surface area (Å²) in [4.78, 5) is 11.1. The third-order valence-corrected chi connectivity index (χ3v) is 4.77. The van der Waals surface area contributed by atoms with Crippen LogP contribution in [0, 0.1) is 0 Å². The van der Waals surface area contributed by atoms with Crippen molar-refractivity contribution < 1.29 is 4.79 Å². The molecule has 0 heterocycles. The Balaban J connectivity index is 0.000000291. The average Bonchev–Trinajstić information content (AvgIpc) is 2.68. The van der Waals surface area contributed by atoms with Crippen LogP contribution in [0.15, 0.2) is 48.5 Å². The van der Waals surface area contributed by atoms with E-state index in [-0.39, 0.29) is 11.3 Å². The van der Waals surface area contributed by atoms with Crippen LogP contribution in [0.25, 0.3) is 0 Å². The lowest BCUT2D eigenvalue weighted by atomic mass is 10.1. The zero-order valence-corrected chi connectivity index (χ0v) is 19.8. The van der Waals surface area contributed by atoms with Gasteiger partial charge in [0.05, 0.1) is 0 Å². The van der Waals surface area contributed by atoms with Crippen LogP contribution in [-0.4, -0.2) is 36.3 Å². The lowest BCUT2D eigenvalue weighted by Gasteiger charge is -2.06. The topological polar surface area (TPSA) is 41.1 Å². The fourth-order valence-corrected chi connectivity index (χ4v) is 2.74. The molecule has 7 heteroatoms. The Hall–Kier alpha value is -0.970. The Morgan fingerprint density at radius 1 is 0.828 bits per heavy atom. The quantitative estimate of drug-likeness (QED) is 0.357. The van der Waals surface area contributed by atoms with Crippen molar-refractivity contribution in [2.24, 2.45) is 0 Å². The van der Waals surface area contributed by atoms with E-state index in [2.05, 4.69) is 10.6 Å². The van der Waals surface area contributed by atoms with Gasteiger partial charge in [0, 0.05) is 28.5 Å². The molecule has 1 amide bonds. The fourth-order valence-electron chi connectivity index (χ4n) is 2.31. The Bertz CT molecular complexity index is 704. The van der Waals surface area contributed by atoms with Gasteiger partial charge in [0.1, 0.15) is 5.38 Å². The van der Waals surface area contributed by atoms with Crippen molar-refractivity contribution >= 4 is 52.3 Å². The van der Waals surface area contributed by atoms with Gasteiger partial charge in [-0.15, -0.1) is 23.2 Å². The van der Waals surface area contributed by atoms with Gasteiger partial charge in [-0.2, -0.15) is 0 Å². The number of benzene rings is 2. The number of rotatable bonds is 9. The highest BCUT2D eigenvalue weighted by Gasteiger charge is 2.07. The zero-order valence-electron chi connectivity index (χ0n) is 16.7. The maximum atomic E-state index is 11.1. The van der Waals surface area contributed by atoms with Crippen molar-refractivity contribution in [2.45, 2.75) is 37.4 Å². The highest BCUT2D eigenvalue weighted by Crippen LogP contribution is 2.10. The SMILES string of the molecule is CC(Cl)C(=O)NCCc1ccc(Cl)cc1.CC(Cl)CNCCc1ccc(Cl)cc1.